The van der Waals surface area contributed by atoms with Crippen molar-refractivity contribution in [2.75, 3.05) is 0 Å². The molecule has 0 N–H and O–H groups in total. The number of hydrogen-bond acceptors (Lipinski definition) is 2. The van der Waals surface area contributed by atoms with E-state index in [9.17, 15) is 4.39 Å². The Balaban J connectivity index is 1.26. The number of hydrogen-bond donors (Lipinski definition) is 0. The first-order valence-corrected chi connectivity index (χ1v) is 12.4. The van der Waals surface area contributed by atoms with Crippen molar-refractivity contribution in [3.8, 4) is 12.1 Å². The molecular weight excluding hydrogens is 383 g/mol. The maximum atomic E-state index is 12.9. The van der Waals surface area contributed by atoms with Gasteiger partial charge in [0.2, 0.25) is 0 Å². The Labute approximate surface area is 188 Å². The monoisotopic (exact) mass is 420 g/mol. The van der Waals surface area contributed by atoms with Crippen LogP contribution < -0.4 is 0 Å². The molecule has 3 heteroatoms. The van der Waals surface area contributed by atoms with Gasteiger partial charge in [-0.05, 0) is 98.8 Å². The molecule has 2 fully saturated rings. The van der Waals surface area contributed by atoms with Crippen molar-refractivity contribution in [2.45, 2.75) is 89.9 Å². The zero-order valence-electron chi connectivity index (χ0n) is 18.9. The van der Waals surface area contributed by atoms with Crippen molar-refractivity contribution in [1.82, 2.24) is 0 Å². The summed E-state index contributed by atoms with van der Waals surface area (Å²) in [7, 11) is 0. The maximum Gasteiger partial charge on any atom is 0.196 e. The lowest BCUT2D eigenvalue weighted by molar-refractivity contribution is 0.140. The van der Waals surface area contributed by atoms with Crippen LogP contribution in [0.3, 0.4) is 0 Å². The minimum absolute atomic E-state index is 0.625. The molecule has 2 aliphatic rings. The van der Waals surface area contributed by atoms with Crippen LogP contribution in [0.15, 0.2) is 36.2 Å². The summed E-state index contributed by atoms with van der Waals surface area (Å²) in [6, 6.07) is 11.8. The van der Waals surface area contributed by atoms with E-state index >= 15 is 0 Å². The second-order valence-electron chi connectivity index (χ2n) is 9.86. The van der Waals surface area contributed by atoms with Gasteiger partial charge in [-0.15, -0.1) is 0 Å². The fourth-order valence-corrected chi connectivity index (χ4v) is 5.90. The van der Waals surface area contributed by atoms with Gasteiger partial charge in [0.15, 0.2) is 5.83 Å². The molecule has 0 spiro atoms. The third-order valence-electron chi connectivity index (χ3n) is 7.87. The standard InChI is InChI=1S/C28H37FN2/c29-28(21-31)7-3-6-24-14-18-27(19-15-24)26-16-12-23(13-17-26)5-2-1-4-22-8-10-25(20-30)11-9-22/h7-11,23-24,26-27H,1-6,12-19H2/t23-,24-,26-,27-. The smallest absolute Gasteiger partial charge is 0.195 e. The molecule has 0 saturated heterocycles. The molecule has 0 aliphatic heterocycles. The average Bonchev–Trinajstić information content (AvgIpc) is 2.83. The van der Waals surface area contributed by atoms with E-state index in [1.54, 1.807) is 6.07 Å². The molecule has 166 valence electrons. The number of nitriles is 2. The number of benzene rings is 1. The number of halogens is 1. The van der Waals surface area contributed by atoms with Crippen molar-refractivity contribution in [1.29, 1.82) is 10.5 Å². The van der Waals surface area contributed by atoms with Crippen LogP contribution >= 0.6 is 0 Å². The summed E-state index contributed by atoms with van der Waals surface area (Å²) in [6.07, 6.45) is 19.3. The molecule has 0 atom stereocenters. The van der Waals surface area contributed by atoms with Crippen molar-refractivity contribution in [3.05, 3.63) is 47.3 Å². The summed E-state index contributed by atoms with van der Waals surface area (Å²) in [5.74, 6) is 2.88. The third-order valence-corrected chi connectivity index (χ3v) is 7.87. The Hall–Kier alpha value is -2.13. The minimum atomic E-state index is -0.625. The minimum Gasteiger partial charge on any atom is -0.195 e. The summed E-state index contributed by atoms with van der Waals surface area (Å²) < 4.78 is 12.9. The van der Waals surface area contributed by atoms with Gasteiger partial charge in [-0.2, -0.15) is 14.9 Å². The molecule has 0 aromatic heterocycles. The first-order valence-electron chi connectivity index (χ1n) is 12.4. The van der Waals surface area contributed by atoms with Gasteiger partial charge in [-0.25, -0.2) is 0 Å². The van der Waals surface area contributed by atoms with Crippen LogP contribution in [-0.4, -0.2) is 0 Å². The molecule has 2 nitrogen and oxygen atoms in total. The van der Waals surface area contributed by atoms with Crippen molar-refractivity contribution in [2.24, 2.45) is 23.7 Å². The number of aryl methyl sites for hydroxylation is 1. The van der Waals surface area contributed by atoms with Crippen molar-refractivity contribution in [3.63, 3.8) is 0 Å². The second kappa shape index (κ2) is 12.7. The summed E-state index contributed by atoms with van der Waals surface area (Å²) >= 11 is 0. The van der Waals surface area contributed by atoms with Crippen molar-refractivity contribution < 1.29 is 4.39 Å². The predicted molar refractivity (Wildman–Crippen MR) is 124 cm³/mol. The zero-order chi connectivity index (χ0) is 21.9. The van der Waals surface area contributed by atoms with Gasteiger partial charge in [-0.3, -0.25) is 0 Å². The first-order chi connectivity index (χ1) is 15.2. The lowest BCUT2D eigenvalue weighted by Crippen LogP contribution is -2.25. The number of rotatable bonds is 9. The topological polar surface area (TPSA) is 47.6 Å². The average molecular weight is 421 g/mol. The lowest BCUT2D eigenvalue weighted by Gasteiger charge is -2.38. The van der Waals surface area contributed by atoms with E-state index in [-0.39, 0.29) is 0 Å². The molecule has 0 heterocycles. The van der Waals surface area contributed by atoms with Crippen LogP contribution in [0, 0.1) is 46.3 Å². The fraction of sp³-hybridized carbons (Fsp3) is 0.643. The van der Waals surface area contributed by atoms with Crippen LogP contribution in [-0.2, 0) is 6.42 Å². The van der Waals surface area contributed by atoms with Gasteiger partial charge in [0.25, 0.3) is 0 Å². The molecule has 0 amide bonds. The van der Waals surface area contributed by atoms with Gasteiger partial charge in [0, 0.05) is 0 Å². The molecule has 3 rings (SSSR count). The van der Waals surface area contributed by atoms with Crippen LogP contribution in [0.4, 0.5) is 4.39 Å². The Bertz CT molecular complexity index is 767. The van der Waals surface area contributed by atoms with Gasteiger partial charge in [0.05, 0.1) is 11.6 Å². The summed E-state index contributed by atoms with van der Waals surface area (Å²) in [5, 5.41) is 17.4. The predicted octanol–water partition coefficient (Wildman–Crippen LogP) is 8.04. The van der Waals surface area contributed by atoms with E-state index in [1.807, 2.05) is 12.1 Å². The molecule has 0 radical (unpaired) electrons. The SMILES string of the molecule is N#CC(F)=CCC[C@H]1CC[C@H]([C@H]2CC[C@H](CCCCc3ccc(C#N)cc3)CC2)CC1. The normalized spacial score (nSPS) is 26.7. The fourth-order valence-electron chi connectivity index (χ4n) is 5.90. The van der Waals surface area contributed by atoms with Gasteiger partial charge in [-0.1, -0.05) is 50.7 Å². The largest absolute Gasteiger partial charge is 0.196 e. The maximum absolute atomic E-state index is 12.9. The molecule has 31 heavy (non-hydrogen) atoms. The number of nitrogens with zero attached hydrogens (tertiary/aromatic N) is 2. The quantitative estimate of drug-likeness (QED) is 0.300. The molecule has 1 aromatic carbocycles. The van der Waals surface area contributed by atoms with Gasteiger partial charge < -0.3 is 0 Å². The Morgan fingerprint density at radius 2 is 1.42 bits per heavy atom. The molecule has 2 saturated carbocycles. The highest BCUT2D eigenvalue weighted by molar-refractivity contribution is 5.31. The van der Waals surface area contributed by atoms with Crippen LogP contribution in [0.1, 0.15) is 94.6 Å². The molecule has 1 aromatic rings. The molecular formula is C28H37FN2. The highest BCUT2D eigenvalue weighted by Gasteiger charge is 2.30. The Kier molecular flexibility index (Phi) is 9.61. The third kappa shape index (κ3) is 7.81. The first kappa shape index (κ1) is 23.5. The summed E-state index contributed by atoms with van der Waals surface area (Å²) in [6.45, 7) is 0. The molecule has 0 unspecified atom stereocenters. The summed E-state index contributed by atoms with van der Waals surface area (Å²) in [5.41, 5.74) is 2.10. The Morgan fingerprint density at radius 1 is 0.839 bits per heavy atom. The highest BCUT2D eigenvalue weighted by atomic mass is 19.1. The van der Waals surface area contributed by atoms with Gasteiger partial charge >= 0.3 is 0 Å². The number of allylic oxidation sites excluding steroid dienone is 2. The van der Waals surface area contributed by atoms with Crippen LogP contribution in [0.5, 0.6) is 0 Å². The molecule has 0 bridgehead atoms. The molecule has 2 aliphatic carbocycles. The Morgan fingerprint density at radius 3 is 1.97 bits per heavy atom. The van der Waals surface area contributed by atoms with E-state index in [2.05, 4.69) is 18.2 Å². The number of unbranched alkanes of at least 4 members (excludes halogenated alkanes) is 1. The highest BCUT2D eigenvalue weighted by Crippen LogP contribution is 2.43. The van der Waals surface area contributed by atoms with Crippen molar-refractivity contribution >= 4 is 0 Å². The van der Waals surface area contributed by atoms with Crippen LogP contribution in [0.2, 0.25) is 0 Å². The summed E-state index contributed by atoms with van der Waals surface area (Å²) in [4.78, 5) is 0. The van der Waals surface area contributed by atoms with E-state index in [4.69, 9.17) is 10.5 Å². The van der Waals surface area contributed by atoms with E-state index < -0.39 is 5.83 Å². The zero-order valence-corrected chi connectivity index (χ0v) is 18.9. The van der Waals surface area contributed by atoms with E-state index in [0.717, 1.165) is 42.1 Å². The van der Waals surface area contributed by atoms with Gasteiger partial charge in [0.1, 0.15) is 6.07 Å². The van der Waals surface area contributed by atoms with Crippen LogP contribution in [0.25, 0.3) is 0 Å². The lowest BCUT2D eigenvalue weighted by atomic mass is 9.68. The van der Waals surface area contributed by atoms with E-state index in [0.29, 0.717) is 6.42 Å². The van der Waals surface area contributed by atoms with E-state index in [1.165, 1.54) is 82.3 Å². The second-order valence-corrected chi connectivity index (χ2v) is 9.86.